The van der Waals surface area contributed by atoms with E-state index in [-0.39, 0.29) is 30.1 Å². The third kappa shape index (κ3) is 5.18. The smallest absolute Gasteiger partial charge is 0.407 e. The second kappa shape index (κ2) is 8.47. The van der Waals surface area contributed by atoms with Crippen molar-refractivity contribution in [3.05, 3.63) is 30.1 Å². The molecule has 1 unspecified atom stereocenters. The van der Waals surface area contributed by atoms with Crippen molar-refractivity contribution in [2.24, 2.45) is 0 Å². The van der Waals surface area contributed by atoms with E-state index in [0.29, 0.717) is 17.3 Å². The number of nitrogens with zero attached hydrogens (tertiary/aromatic N) is 2. The van der Waals surface area contributed by atoms with Crippen LogP contribution < -0.4 is 20.7 Å². The van der Waals surface area contributed by atoms with E-state index in [0.717, 1.165) is 36.7 Å². The number of pyridine rings is 1. The molecule has 159 valence electrons. The first kappa shape index (κ1) is 20.4. The molecule has 1 radical (unpaired) electrons. The first-order valence-corrected chi connectivity index (χ1v) is 12.0. The fourth-order valence-corrected chi connectivity index (χ4v) is 6.21. The van der Waals surface area contributed by atoms with Crippen LogP contribution in [0.25, 0.3) is 0 Å². The summed E-state index contributed by atoms with van der Waals surface area (Å²) in [5.41, 5.74) is 0.589. The molecule has 1 aliphatic heterocycles. The highest BCUT2D eigenvalue weighted by Gasteiger charge is 2.40. The molecule has 2 fully saturated rings. The number of methoxy groups -OCH3 is 1. The van der Waals surface area contributed by atoms with Crippen molar-refractivity contribution in [1.29, 1.82) is 0 Å². The lowest BCUT2D eigenvalue weighted by Crippen LogP contribution is -2.37. The van der Waals surface area contributed by atoms with Crippen LogP contribution in [0.4, 0.5) is 10.6 Å². The molecule has 2 aromatic rings. The fourth-order valence-electron chi connectivity index (χ4n) is 3.45. The molecule has 10 heteroatoms. The highest BCUT2D eigenvalue weighted by atomic mass is 28.3. The summed E-state index contributed by atoms with van der Waals surface area (Å²) in [6.45, 7) is 2.03. The van der Waals surface area contributed by atoms with Gasteiger partial charge in [0.1, 0.15) is 20.7 Å². The van der Waals surface area contributed by atoms with Gasteiger partial charge in [0.05, 0.1) is 19.7 Å². The summed E-state index contributed by atoms with van der Waals surface area (Å²) in [7, 11) is 0.681. The lowest BCUT2D eigenvalue weighted by molar-refractivity contribution is -0.115. The molecule has 9 nitrogen and oxygen atoms in total. The van der Waals surface area contributed by atoms with Gasteiger partial charge in [-0.15, -0.1) is 0 Å². The molecule has 2 aromatic heterocycles. The van der Waals surface area contributed by atoms with E-state index in [1.165, 1.54) is 0 Å². The maximum absolute atomic E-state index is 12.3. The van der Waals surface area contributed by atoms with Crippen molar-refractivity contribution in [1.82, 2.24) is 20.5 Å². The monoisotopic (exact) mass is 428 g/mol. The van der Waals surface area contributed by atoms with Gasteiger partial charge in [-0.2, -0.15) is 5.10 Å². The molecular weight excluding hydrogens is 402 g/mol. The van der Waals surface area contributed by atoms with E-state index < -0.39 is 8.80 Å². The van der Waals surface area contributed by atoms with Crippen LogP contribution in [0.1, 0.15) is 31.9 Å². The van der Waals surface area contributed by atoms with Crippen molar-refractivity contribution in [3.63, 3.8) is 0 Å². The molecular formula is C20H26N5O4Si. The predicted molar refractivity (Wildman–Crippen MR) is 112 cm³/mol. The lowest BCUT2D eigenvalue weighted by atomic mass is 10.2. The van der Waals surface area contributed by atoms with Gasteiger partial charge in [-0.05, 0) is 56.5 Å². The zero-order valence-corrected chi connectivity index (χ0v) is 18.2. The Labute approximate surface area is 176 Å². The van der Waals surface area contributed by atoms with Gasteiger partial charge in [0, 0.05) is 16.6 Å². The van der Waals surface area contributed by atoms with E-state index in [9.17, 15) is 9.59 Å². The van der Waals surface area contributed by atoms with E-state index in [4.69, 9.17) is 9.47 Å². The summed E-state index contributed by atoms with van der Waals surface area (Å²) in [6.07, 6.45) is 4.27. The number of aromatic nitrogens is 3. The highest BCUT2D eigenvalue weighted by molar-refractivity contribution is 6.73. The molecule has 0 spiro atoms. The zero-order valence-electron chi connectivity index (χ0n) is 17.2. The van der Waals surface area contributed by atoms with E-state index >= 15 is 0 Å². The summed E-state index contributed by atoms with van der Waals surface area (Å²) in [4.78, 5) is 28.5. The van der Waals surface area contributed by atoms with E-state index in [1.807, 2.05) is 13.0 Å². The Balaban J connectivity index is 1.25. The highest BCUT2D eigenvalue weighted by Crippen LogP contribution is 2.34. The van der Waals surface area contributed by atoms with Gasteiger partial charge < -0.3 is 20.1 Å². The van der Waals surface area contributed by atoms with E-state index in [2.05, 4.69) is 25.8 Å². The van der Waals surface area contributed by atoms with Crippen LogP contribution in [0.15, 0.2) is 24.4 Å². The Morgan fingerprint density at radius 3 is 2.90 bits per heavy atom. The summed E-state index contributed by atoms with van der Waals surface area (Å²) < 4.78 is 10.7. The number of aromatic amines is 1. The summed E-state index contributed by atoms with van der Waals surface area (Å²) in [6, 6.07) is 7.28. The van der Waals surface area contributed by atoms with Gasteiger partial charge in [0.15, 0.2) is 5.82 Å². The summed E-state index contributed by atoms with van der Waals surface area (Å²) in [5.74, 6) is 0.975. The Hall–Kier alpha value is -2.88. The van der Waals surface area contributed by atoms with Crippen LogP contribution in [0.2, 0.25) is 12.1 Å². The van der Waals surface area contributed by atoms with Gasteiger partial charge in [0.25, 0.3) is 0 Å². The van der Waals surface area contributed by atoms with Crippen molar-refractivity contribution in [2.75, 3.05) is 12.4 Å². The predicted octanol–water partition coefficient (Wildman–Crippen LogP) is 1.75. The summed E-state index contributed by atoms with van der Waals surface area (Å²) >= 11 is 0. The Bertz CT molecular complexity index is 912. The molecule has 30 heavy (non-hydrogen) atoms. The Kier molecular flexibility index (Phi) is 5.75. The molecule has 1 saturated heterocycles. The SMILES string of the molecule is COc1ccc(CC(=O)Nc2cc([Si]3CCC(OC(=O)NC4(C)CC4)C3)[nH]n2)nc1. The fraction of sp³-hybridized carbons (Fsp3) is 0.500. The molecule has 0 aromatic carbocycles. The number of hydrogen-bond donors (Lipinski definition) is 3. The van der Waals surface area contributed by atoms with Crippen LogP contribution in [-0.2, 0) is 16.0 Å². The average Bonchev–Trinajstić information content (AvgIpc) is 3.09. The van der Waals surface area contributed by atoms with Gasteiger partial charge >= 0.3 is 6.09 Å². The standard InChI is InChI=1S/C20H26N5O4Si/c1-20(6-7-20)23-19(27)29-15-5-8-30(12-15)18-10-16(24-25-18)22-17(26)9-13-3-4-14(28-2)11-21-13/h3-4,10-11,15H,5-9,12H2,1-2H3,(H,23,27)(H2,22,24,25,26). The number of ether oxygens (including phenoxy) is 2. The number of rotatable bonds is 7. The number of hydrogen-bond acceptors (Lipinski definition) is 6. The zero-order chi connectivity index (χ0) is 21.1. The lowest BCUT2D eigenvalue weighted by Gasteiger charge is -2.16. The second-order valence-corrected chi connectivity index (χ2v) is 10.8. The number of H-pyrrole nitrogens is 1. The van der Waals surface area contributed by atoms with E-state index in [1.54, 1.807) is 25.4 Å². The Morgan fingerprint density at radius 1 is 1.37 bits per heavy atom. The minimum Gasteiger partial charge on any atom is -0.495 e. The quantitative estimate of drug-likeness (QED) is 0.578. The number of carbonyl (C=O) groups is 2. The molecule has 4 rings (SSSR count). The van der Waals surface area contributed by atoms with Crippen LogP contribution >= 0.6 is 0 Å². The minimum atomic E-state index is -0.891. The number of carbonyl (C=O) groups excluding carboxylic acids is 2. The van der Waals surface area contributed by atoms with Crippen molar-refractivity contribution < 1.29 is 19.1 Å². The second-order valence-electron chi connectivity index (χ2n) is 8.14. The normalized spacial score (nSPS) is 19.9. The maximum Gasteiger partial charge on any atom is 0.407 e. The van der Waals surface area contributed by atoms with Gasteiger partial charge in [-0.25, -0.2) is 4.79 Å². The molecule has 0 bridgehead atoms. The largest absolute Gasteiger partial charge is 0.495 e. The molecule has 3 N–H and O–H groups in total. The Morgan fingerprint density at radius 2 is 2.20 bits per heavy atom. The number of amides is 2. The maximum atomic E-state index is 12.3. The van der Waals surface area contributed by atoms with Crippen molar-refractivity contribution in [2.45, 2.75) is 56.3 Å². The van der Waals surface area contributed by atoms with Crippen molar-refractivity contribution in [3.8, 4) is 5.75 Å². The van der Waals surface area contributed by atoms with Crippen LogP contribution in [0.5, 0.6) is 5.75 Å². The molecule has 2 amide bonds. The van der Waals surface area contributed by atoms with Crippen LogP contribution in [-0.4, -0.2) is 54.7 Å². The van der Waals surface area contributed by atoms with Gasteiger partial charge in [0.2, 0.25) is 5.91 Å². The van der Waals surface area contributed by atoms with Crippen LogP contribution in [0, 0.1) is 0 Å². The molecule has 3 heterocycles. The molecule has 2 aliphatic rings. The van der Waals surface area contributed by atoms with Crippen LogP contribution in [0.3, 0.4) is 0 Å². The first-order chi connectivity index (χ1) is 14.4. The topological polar surface area (TPSA) is 118 Å². The number of alkyl carbamates (subject to hydrolysis) is 1. The molecule has 1 saturated carbocycles. The average molecular weight is 429 g/mol. The van der Waals surface area contributed by atoms with Gasteiger partial charge in [-0.3, -0.25) is 14.9 Å². The third-order valence-electron chi connectivity index (χ3n) is 5.52. The summed E-state index contributed by atoms with van der Waals surface area (Å²) in [5, 5.41) is 14.0. The van der Waals surface area contributed by atoms with Crippen molar-refractivity contribution >= 4 is 31.9 Å². The molecule has 1 atom stereocenters. The molecule has 1 aliphatic carbocycles. The number of nitrogens with one attached hydrogen (secondary N) is 3. The minimum absolute atomic E-state index is 0.0521. The third-order valence-corrected chi connectivity index (χ3v) is 8.38. The number of anilines is 1. The first-order valence-electron chi connectivity index (χ1n) is 10.1. The van der Waals surface area contributed by atoms with Gasteiger partial charge in [-0.1, -0.05) is 0 Å².